The Hall–Kier alpha value is -2.67. The number of nitrogens with two attached hydrogens (primary N) is 1. The second-order valence-electron chi connectivity index (χ2n) is 7.50. The van der Waals surface area contributed by atoms with Crippen molar-refractivity contribution in [2.75, 3.05) is 17.6 Å². The van der Waals surface area contributed by atoms with Crippen molar-refractivity contribution in [1.29, 1.82) is 0 Å². The summed E-state index contributed by atoms with van der Waals surface area (Å²) < 4.78 is 2.20. The molecule has 0 bridgehead atoms. The van der Waals surface area contributed by atoms with Crippen LogP contribution in [0.1, 0.15) is 33.8 Å². The minimum Gasteiger partial charge on any atom is -0.397 e. The largest absolute Gasteiger partial charge is 0.397 e. The van der Waals surface area contributed by atoms with E-state index in [0.717, 1.165) is 27.5 Å². The summed E-state index contributed by atoms with van der Waals surface area (Å²) in [6, 6.07) is 24.3. The van der Waals surface area contributed by atoms with E-state index >= 15 is 0 Å². The van der Waals surface area contributed by atoms with Crippen molar-refractivity contribution in [2.24, 2.45) is 0 Å². The minimum atomic E-state index is -0.138. The topological polar surface area (TPSA) is 67.2 Å². The number of para-hydroxylation sites is 2. The number of amides is 1. The van der Waals surface area contributed by atoms with Gasteiger partial charge in [-0.05, 0) is 72.8 Å². The highest BCUT2D eigenvalue weighted by molar-refractivity contribution is 9.10. The van der Waals surface area contributed by atoms with E-state index in [1.807, 2.05) is 18.2 Å². The molecule has 1 amide bonds. The molecule has 0 aliphatic rings. The van der Waals surface area contributed by atoms with E-state index in [4.69, 9.17) is 5.73 Å². The third kappa shape index (κ3) is 5.34. The molecule has 31 heavy (non-hydrogen) atoms. The van der Waals surface area contributed by atoms with Crippen LogP contribution in [0.2, 0.25) is 0 Å². The van der Waals surface area contributed by atoms with E-state index in [0.29, 0.717) is 16.3 Å². The number of carbonyl (C=O) groups is 1. The van der Waals surface area contributed by atoms with Gasteiger partial charge in [0.05, 0.1) is 16.3 Å². The van der Waals surface area contributed by atoms with Crippen molar-refractivity contribution < 1.29 is 4.79 Å². The van der Waals surface area contributed by atoms with E-state index in [1.54, 1.807) is 12.1 Å². The summed E-state index contributed by atoms with van der Waals surface area (Å²) in [4.78, 5) is 13.4. The number of hydrogen-bond acceptors (Lipinski definition) is 4. The average Bonchev–Trinajstić information content (AvgIpc) is 3.20. The Bertz CT molecular complexity index is 1200. The summed E-state index contributed by atoms with van der Waals surface area (Å²) in [5.74, 6) is -0.138. The Morgan fingerprint density at radius 1 is 1.06 bits per heavy atom. The normalized spacial score (nSPS) is 12.1. The molecule has 4 nitrogen and oxygen atoms in total. The van der Waals surface area contributed by atoms with Crippen molar-refractivity contribution in [1.82, 2.24) is 5.32 Å². The molecule has 0 fully saturated rings. The minimum absolute atomic E-state index is 0.138. The van der Waals surface area contributed by atoms with Crippen LogP contribution < -0.4 is 16.4 Å². The molecule has 0 radical (unpaired) electrons. The standard InChI is InChI=1S/C25H24BrN3OS/c1-16(28-13-12-17-6-10-20(26)11-7-17)18-8-9-19-15-24(31-23(19)14-18)25(30)29-22-5-3-2-4-21(22)27/h2-11,14-16,28H,12-13,27H2,1H3,(H,29,30). The Morgan fingerprint density at radius 2 is 1.84 bits per heavy atom. The highest BCUT2D eigenvalue weighted by Crippen LogP contribution is 2.29. The molecule has 1 aromatic heterocycles. The molecule has 3 aromatic carbocycles. The Kier molecular flexibility index (Phi) is 6.70. The van der Waals surface area contributed by atoms with Crippen LogP contribution in [0, 0.1) is 0 Å². The summed E-state index contributed by atoms with van der Waals surface area (Å²) in [6.07, 6.45) is 0.978. The van der Waals surface area contributed by atoms with Gasteiger partial charge in [-0.2, -0.15) is 0 Å². The molecule has 0 spiro atoms. The second-order valence-corrected chi connectivity index (χ2v) is 9.50. The lowest BCUT2D eigenvalue weighted by atomic mass is 10.1. The van der Waals surface area contributed by atoms with Gasteiger partial charge in [-0.25, -0.2) is 0 Å². The van der Waals surface area contributed by atoms with Gasteiger partial charge in [-0.1, -0.05) is 52.3 Å². The lowest BCUT2D eigenvalue weighted by Crippen LogP contribution is -2.21. The highest BCUT2D eigenvalue weighted by Gasteiger charge is 2.13. The van der Waals surface area contributed by atoms with E-state index in [2.05, 4.69) is 76.0 Å². The van der Waals surface area contributed by atoms with Gasteiger partial charge < -0.3 is 16.4 Å². The van der Waals surface area contributed by atoms with Crippen LogP contribution in [0.25, 0.3) is 10.1 Å². The summed E-state index contributed by atoms with van der Waals surface area (Å²) in [6.45, 7) is 3.07. The third-order valence-electron chi connectivity index (χ3n) is 5.25. The van der Waals surface area contributed by atoms with E-state index in [-0.39, 0.29) is 11.9 Å². The van der Waals surface area contributed by atoms with Gasteiger partial charge in [0.25, 0.3) is 5.91 Å². The second kappa shape index (κ2) is 9.64. The number of benzene rings is 3. The fraction of sp³-hybridized carbons (Fsp3) is 0.160. The van der Waals surface area contributed by atoms with Gasteiger partial charge in [0, 0.05) is 15.2 Å². The summed E-state index contributed by atoms with van der Waals surface area (Å²) in [7, 11) is 0. The maximum absolute atomic E-state index is 12.7. The Labute approximate surface area is 194 Å². The maximum Gasteiger partial charge on any atom is 0.265 e. The first-order valence-corrected chi connectivity index (χ1v) is 11.8. The number of carbonyl (C=O) groups excluding carboxylic acids is 1. The SMILES string of the molecule is CC(NCCc1ccc(Br)cc1)c1ccc2cc(C(=O)Nc3ccccc3N)sc2c1. The van der Waals surface area contributed by atoms with Gasteiger partial charge in [-0.3, -0.25) is 4.79 Å². The van der Waals surface area contributed by atoms with Gasteiger partial charge >= 0.3 is 0 Å². The molecular weight excluding hydrogens is 470 g/mol. The van der Waals surface area contributed by atoms with E-state index in [1.165, 1.54) is 22.5 Å². The fourth-order valence-corrected chi connectivity index (χ4v) is 4.70. The number of anilines is 2. The predicted molar refractivity (Wildman–Crippen MR) is 135 cm³/mol. The van der Waals surface area contributed by atoms with Crippen molar-refractivity contribution >= 4 is 54.6 Å². The molecule has 0 aliphatic carbocycles. The summed E-state index contributed by atoms with van der Waals surface area (Å²) in [5.41, 5.74) is 9.65. The molecule has 6 heteroatoms. The van der Waals surface area contributed by atoms with Gasteiger partial charge in [0.1, 0.15) is 0 Å². The van der Waals surface area contributed by atoms with Crippen LogP contribution in [0.15, 0.2) is 77.3 Å². The molecule has 158 valence electrons. The smallest absolute Gasteiger partial charge is 0.265 e. The van der Waals surface area contributed by atoms with Crippen molar-refractivity contribution in [3.63, 3.8) is 0 Å². The molecule has 4 rings (SSSR count). The molecule has 1 atom stereocenters. The van der Waals surface area contributed by atoms with Crippen LogP contribution in [0.4, 0.5) is 11.4 Å². The first-order chi connectivity index (χ1) is 15.0. The number of nitrogens with one attached hydrogen (secondary N) is 2. The molecule has 0 saturated carbocycles. The zero-order valence-electron chi connectivity index (χ0n) is 17.2. The van der Waals surface area contributed by atoms with Crippen molar-refractivity contribution in [3.05, 3.63) is 93.3 Å². The van der Waals surface area contributed by atoms with Gasteiger partial charge in [-0.15, -0.1) is 11.3 Å². The first kappa shape index (κ1) is 21.6. The van der Waals surface area contributed by atoms with Gasteiger partial charge in [0.2, 0.25) is 0 Å². The number of hydrogen-bond donors (Lipinski definition) is 3. The monoisotopic (exact) mass is 493 g/mol. The molecule has 1 heterocycles. The Morgan fingerprint density at radius 3 is 2.61 bits per heavy atom. The number of rotatable bonds is 7. The highest BCUT2D eigenvalue weighted by atomic mass is 79.9. The number of thiophene rings is 1. The fourth-order valence-electron chi connectivity index (χ4n) is 3.43. The number of nitrogen functional groups attached to an aromatic ring is 1. The Balaban J connectivity index is 1.41. The predicted octanol–water partition coefficient (Wildman–Crippen LogP) is 6.39. The van der Waals surface area contributed by atoms with Gasteiger partial charge in [0.15, 0.2) is 0 Å². The lowest BCUT2D eigenvalue weighted by molar-refractivity contribution is 0.103. The molecule has 4 aromatic rings. The van der Waals surface area contributed by atoms with E-state index in [9.17, 15) is 4.79 Å². The molecule has 0 aliphatic heterocycles. The van der Waals surface area contributed by atoms with Crippen molar-refractivity contribution in [2.45, 2.75) is 19.4 Å². The van der Waals surface area contributed by atoms with Crippen LogP contribution in [-0.2, 0) is 6.42 Å². The number of halogens is 1. The van der Waals surface area contributed by atoms with Crippen LogP contribution >= 0.6 is 27.3 Å². The summed E-state index contributed by atoms with van der Waals surface area (Å²) >= 11 is 4.97. The van der Waals surface area contributed by atoms with E-state index < -0.39 is 0 Å². The molecular formula is C25H24BrN3OS. The molecule has 4 N–H and O–H groups in total. The number of fused-ring (bicyclic) bond motifs is 1. The molecule has 1 unspecified atom stereocenters. The van der Waals surface area contributed by atoms with Crippen LogP contribution in [0.3, 0.4) is 0 Å². The van der Waals surface area contributed by atoms with Crippen LogP contribution in [0.5, 0.6) is 0 Å². The maximum atomic E-state index is 12.7. The third-order valence-corrected chi connectivity index (χ3v) is 6.88. The quantitative estimate of drug-likeness (QED) is 0.261. The first-order valence-electron chi connectivity index (χ1n) is 10.2. The lowest BCUT2D eigenvalue weighted by Gasteiger charge is -2.14. The zero-order chi connectivity index (χ0) is 21.8. The van der Waals surface area contributed by atoms with Crippen LogP contribution in [-0.4, -0.2) is 12.5 Å². The zero-order valence-corrected chi connectivity index (χ0v) is 19.6. The van der Waals surface area contributed by atoms with Crippen molar-refractivity contribution in [3.8, 4) is 0 Å². The summed E-state index contributed by atoms with van der Waals surface area (Å²) in [5, 5.41) is 7.57. The average molecular weight is 494 g/mol. The molecule has 0 saturated heterocycles.